The first-order valence-corrected chi connectivity index (χ1v) is 7.87. The van der Waals surface area contributed by atoms with Gasteiger partial charge in [0.1, 0.15) is 12.4 Å². The van der Waals surface area contributed by atoms with Crippen molar-refractivity contribution in [1.82, 2.24) is 4.90 Å². The molecule has 20 heavy (non-hydrogen) atoms. The Balaban J connectivity index is 2.05. The van der Waals surface area contributed by atoms with Crippen LogP contribution in [-0.2, 0) is 0 Å². The van der Waals surface area contributed by atoms with Gasteiger partial charge in [0.15, 0.2) is 5.84 Å². The van der Waals surface area contributed by atoms with Crippen molar-refractivity contribution in [3.8, 4) is 5.75 Å². The van der Waals surface area contributed by atoms with Gasteiger partial charge in [-0.15, -0.1) is 11.8 Å². The topological polar surface area (TPSA) is 71.1 Å². The summed E-state index contributed by atoms with van der Waals surface area (Å²) in [5.41, 5.74) is 6.42. The molecule has 0 unspecified atom stereocenters. The van der Waals surface area contributed by atoms with E-state index in [-0.39, 0.29) is 5.84 Å². The van der Waals surface area contributed by atoms with Crippen LogP contribution in [0.25, 0.3) is 0 Å². The molecule has 0 aliphatic heterocycles. The van der Waals surface area contributed by atoms with Gasteiger partial charge in [0.25, 0.3) is 0 Å². The van der Waals surface area contributed by atoms with Gasteiger partial charge in [0, 0.05) is 17.5 Å². The van der Waals surface area contributed by atoms with Crippen LogP contribution in [0.5, 0.6) is 5.75 Å². The number of amidine groups is 1. The van der Waals surface area contributed by atoms with E-state index in [1.54, 1.807) is 11.8 Å². The number of oxime groups is 1. The molecule has 1 aromatic carbocycles. The van der Waals surface area contributed by atoms with Crippen molar-refractivity contribution in [3.63, 3.8) is 0 Å². The lowest BCUT2D eigenvalue weighted by molar-refractivity contribution is 0.231. The molecule has 3 N–H and O–H groups in total. The minimum absolute atomic E-state index is 0.0838. The second kappa shape index (κ2) is 6.85. The normalized spacial score (nSPS) is 15.7. The van der Waals surface area contributed by atoms with Crippen molar-refractivity contribution in [3.05, 3.63) is 23.8 Å². The van der Waals surface area contributed by atoms with Gasteiger partial charge in [-0.05, 0) is 38.3 Å². The molecular formula is C14H21N3O2S. The lowest BCUT2D eigenvalue weighted by Gasteiger charge is -2.18. The van der Waals surface area contributed by atoms with Gasteiger partial charge in [0.05, 0.1) is 5.56 Å². The average molecular weight is 295 g/mol. The van der Waals surface area contributed by atoms with Crippen LogP contribution >= 0.6 is 11.8 Å². The second-order valence-corrected chi connectivity index (χ2v) is 5.73. The summed E-state index contributed by atoms with van der Waals surface area (Å²) >= 11 is 1.55. The van der Waals surface area contributed by atoms with Crippen LogP contribution in [0, 0.1) is 0 Å². The first kappa shape index (κ1) is 15.0. The Morgan fingerprint density at radius 2 is 2.30 bits per heavy atom. The highest BCUT2D eigenvalue weighted by atomic mass is 32.2. The molecular weight excluding hydrogens is 274 g/mol. The molecule has 5 nitrogen and oxygen atoms in total. The summed E-state index contributed by atoms with van der Waals surface area (Å²) in [6.07, 6.45) is 4.52. The zero-order valence-corrected chi connectivity index (χ0v) is 12.7. The van der Waals surface area contributed by atoms with Crippen molar-refractivity contribution in [2.24, 2.45) is 10.9 Å². The van der Waals surface area contributed by atoms with E-state index in [0.29, 0.717) is 17.9 Å². The molecule has 1 fully saturated rings. The fourth-order valence-corrected chi connectivity index (χ4v) is 2.73. The Bertz CT molecular complexity index is 489. The molecule has 1 aromatic rings. The highest BCUT2D eigenvalue weighted by molar-refractivity contribution is 7.98. The zero-order valence-electron chi connectivity index (χ0n) is 11.9. The molecule has 6 heteroatoms. The van der Waals surface area contributed by atoms with E-state index in [1.807, 2.05) is 24.5 Å². The maximum atomic E-state index is 8.92. The smallest absolute Gasteiger partial charge is 0.174 e. The number of rotatable bonds is 7. The van der Waals surface area contributed by atoms with Crippen LogP contribution in [0.2, 0.25) is 0 Å². The van der Waals surface area contributed by atoms with Crippen LogP contribution in [0.15, 0.2) is 28.3 Å². The highest BCUT2D eigenvalue weighted by Crippen LogP contribution is 2.29. The molecule has 110 valence electrons. The van der Waals surface area contributed by atoms with Gasteiger partial charge < -0.3 is 20.6 Å². The minimum Gasteiger partial charge on any atom is -0.491 e. The molecule has 0 bridgehead atoms. The first-order valence-electron chi connectivity index (χ1n) is 6.65. The fourth-order valence-electron chi connectivity index (χ4n) is 2.10. The van der Waals surface area contributed by atoms with Crippen LogP contribution in [-0.4, -0.2) is 48.4 Å². The summed E-state index contributed by atoms with van der Waals surface area (Å²) < 4.78 is 5.82. The zero-order chi connectivity index (χ0) is 14.5. The van der Waals surface area contributed by atoms with Crippen LogP contribution in [0.4, 0.5) is 0 Å². The summed E-state index contributed by atoms with van der Waals surface area (Å²) in [5.74, 6) is 0.747. The Morgan fingerprint density at radius 3 is 2.90 bits per heavy atom. The standard InChI is InChI=1S/C14H21N3O2S/c1-17(10-6-7-10)8-9-19-11-4-3-5-12(20-2)13(11)14(15)16-18/h3-5,10,18H,6-9H2,1-2H3,(H2,15,16). The van der Waals surface area contributed by atoms with Crippen molar-refractivity contribution in [1.29, 1.82) is 0 Å². The highest BCUT2D eigenvalue weighted by Gasteiger charge is 2.25. The van der Waals surface area contributed by atoms with Crippen LogP contribution < -0.4 is 10.5 Å². The van der Waals surface area contributed by atoms with E-state index in [0.717, 1.165) is 17.5 Å². The lowest BCUT2D eigenvalue weighted by Crippen LogP contribution is -2.26. The first-order chi connectivity index (χ1) is 9.67. The summed E-state index contributed by atoms with van der Waals surface area (Å²) in [4.78, 5) is 3.25. The maximum Gasteiger partial charge on any atom is 0.174 e. The number of nitrogens with zero attached hydrogens (tertiary/aromatic N) is 2. The van der Waals surface area contributed by atoms with Gasteiger partial charge in [0.2, 0.25) is 0 Å². The number of thioether (sulfide) groups is 1. The molecule has 2 rings (SSSR count). The van der Waals surface area contributed by atoms with E-state index in [1.165, 1.54) is 12.8 Å². The number of hydrogen-bond acceptors (Lipinski definition) is 5. The number of ether oxygens (including phenoxy) is 1. The third-order valence-electron chi connectivity index (χ3n) is 3.44. The molecule has 0 atom stereocenters. The van der Waals surface area contributed by atoms with Gasteiger partial charge in [-0.2, -0.15) is 0 Å². The average Bonchev–Trinajstić information content (AvgIpc) is 3.30. The summed E-state index contributed by atoms with van der Waals surface area (Å²) in [5, 5.41) is 12.0. The Morgan fingerprint density at radius 1 is 1.55 bits per heavy atom. The van der Waals surface area contributed by atoms with Crippen molar-refractivity contribution in [2.75, 3.05) is 26.5 Å². The second-order valence-electron chi connectivity index (χ2n) is 4.88. The van der Waals surface area contributed by atoms with Gasteiger partial charge in [-0.25, -0.2) is 0 Å². The predicted octanol–water partition coefficient (Wildman–Crippen LogP) is 1.98. The molecule has 0 heterocycles. The van der Waals surface area contributed by atoms with Gasteiger partial charge in [-0.1, -0.05) is 11.2 Å². The third-order valence-corrected chi connectivity index (χ3v) is 4.22. The largest absolute Gasteiger partial charge is 0.491 e. The van der Waals surface area contributed by atoms with E-state index in [4.69, 9.17) is 15.7 Å². The van der Waals surface area contributed by atoms with E-state index < -0.39 is 0 Å². The summed E-state index contributed by atoms with van der Waals surface area (Å²) in [6, 6.07) is 6.42. The number of likely N-dealkylation sites (N-methyl/N-ethyl adjacent to an activating group) is 1. The monoisotopic (exact) mass is 295 g/mol. The lowest BCUT2D eigenvalue weighted by atomic mass is 10.2. The molecule has 0 aromatic heterocycles. The van der Waals surface area contributed by atoms with Crippen molar-refractivity contribution < 1.29 is 9.94 Å². The van der Waals surface area contributed by atoms with Crippen molar-refractivity contribution in [2.45, 2.75) is 23.8 Å². The molecule has 0 amide bonds. The Labute approximate surface area is 123 Å². The number of hydrogen-bond donors (Lipinski definition) is 2. The Hall–Kier alpha value is -1.40. The van der Waals surface area contributed by atoms with Gasteiger partial charge >= 0.3 is 0 Å². The molecule has 0 radical (unpaired) electrons. The van der Waals surface area contributed by atoms with E-state index >= 15 is 0 Å². The Kier molecular flexibility index (Phi) is 5.14. The fraction of sp³-hybridized carbons (Fsp3) is 0.500. The number of benzene rings is 1. The molecule has 1 saturated carbocycles. The third kappa shape index (κ3) is 3.58. The van der Waals surface area contributed by atoms with Crippen LogP contribution in [0.1, 0.15) is 18.4 Å². The maximum absolute atomic E-state index is 8.92. The van der Waals surface area contributed by atoms with E-state index in [9.17, 15) is 0 Å². The predicted molar refractivity (Wildman–Crippen MR) is 81.9 cm³/mol. The van der Waals surface area contributed by atoms with Gasteiger partial charge in [-0.3, -0.25) is 0 Å². The van der Waals surface area contributed by atoms with Crippen LogP contribution in [0.3, 0.4) is 0 Å². The van der Waals surface area contributed by atoms with Crippen molar-refractivity contribution >= 4 is 17.6 Å². The SMILES string of the molecule is CSc1cccc(OCCN(C)C2CC2)c1/C(N)=N/O. The molecule has 1 aliphatic carbocycles. The van der Waals surface area contributed by atoms with E-state index in [2.05, 4.69) is 17.1 Å². The summed E-state index contributed by atoms with van der Waals surface area (Å²) in [7, 11) is 2.11. The molecule has 1 aliphatic rings. The number of nitrogens with two attached hydrogens (primary N) is 1. The minimum atomic E-state index is 0.0838. The quantitative estimate of drug-likeness (QED) is 0.265. The molecule has 0 spiro atoms. The summed E-state index contributed by atoms with van der Waals surface area (Å²) in [6.45, 7) is 1.47. The molecule has 0 saturated heterocycles.